The Kier molecular flexibility index (Phi) is 12.3. The van der Waals surface area contributed by atoms with Crippen molar-refractivity contribution in [3.63, 3.8) is 0 Å². The molecule has 0 heterocycles. The van der Waals surface area contributed by atoms with Crippen LogP contribution in [0.5, 0.6) is 17.2 Å². The number of nitrogens with zero attached hydrogens (tertiary/aromatic N) is 3. The molecule has 0 atom stereocenters. The molecule has 0 spiro atoms. The van der Waals surface area contributed by atoms with Gasteiger partial charge in [-0.2, -0.15) is 0 Å². The molecule has 42 heavy (non-hydrogen) atoms. The number of nitro benzene ring substituents is 3. The number of benzene rings is 3. The van der Waals surface area contributed by atoms with E-state index in [9.17, 15) is 54.9 Å². The summed E-state index contributed by atoms with van der Waals surface area (Å²) in [7, 11) is 3.50. The molecule has 0 saturated carbocycles. The zero-order valence-corrected chi connectivity index (χ0v) is 21.9. The molecule has 0 aliphatic rings. The van der Waals surface area contributed by atoms with Gasteiger partial charge in [-0.25, -0.2) is 9.59 Å². The maximum absolute atomic E-state index is 11.0. The topological polar surface area (TPSA) is 275 Å². The normalized spacial score (nSPS) is 9.50. The van der Waals surface area contributed by atoms with Gasteiger partial charge in [0.1, 0.15) is 11.1 Å². The molecule has 0 bridgehead atoms. The number of aromatic hydroxyl groups is 2. The van der Waals surface area contributed by atoms with E-state index >= 15 is 0 Å². The number of ether oxygens (including phenoxy) is 3. The number of primary amides is 1. The van der Waals surface area contributed by atoms with Gasteiger partial charge in [-0.1, -0.05) is 18.2 Å². The van der Waals surface area contributed by atoms with Crippen molar-refractivity contribution in [3.8, 4) is 17.2 Å². The van der Waals surface area contributed by atoms with Crippen molar-refractivity contribution in [3.05, 3.63) is 102 Å². The molecule has 0 saturated heterocycles. The number of para-hydroxylation sites is 3. The lowest BCUT2D eigenvalue weighted by Crippen LogP contribution is -2.13. The molecule has 18 nitrogen and oxygen atoms in total. The Balaban J connectivity index is 0.000000315. The number of phenols is 2. The quantitative estimate of drug-likeness (QED) is 0.203. The van der Waals surface area contributed by atoms with Crippen LogP contribution in [0.2, 0.25) is 0 Å². The summed E-state index contributed by atoms with van der Waals surface area (Å²) in [6, 6.07) is 11.3. The number of hydrogen-bond donors (Lipinski definition) is 3. The minimum Gasteiger partial charge on any atom is -0.501 e. The first-order valence-electron chi connectivity index (χ1n) is 10.9. The van der Waals surface area contributed by atoms with Gasteiger partial charge in [-0.3, -0.25) is 35.1 Å². The standard InChI is InChI=1S/C8H8N2O4.2C8H7NO5/c1-14-7-5(8(9)11)3-2-4-6(7)10(12)13;2*1-14-8(11)5-3-2-4-6(7(5)10)9(12)13/h2-4H,1H3,(H2,9,11);2*2-4,10H,1H3. The Bertz CT molecular complexity index is 1420. The largest absolute Gasteiger partial charge is 0.501 e. The number of carbonyl (C=O) groups excluding carboxylic acids is 3. The predicted octanol–water partition coefficient (Wildman–Crippen LogP) is 2.88. The molecule has 222 valence electrons. The zero-order chi connectivity index (χ0) is 32.1. The van der Waals surface area contributed by atoms with Crippen molar-refractivity contribution in [2.45, 2.75) is 0 Å². The average molecular weight is 590 g/mol. The van der Waals surface area contributed by atoms with Crippen LogP contribution in [0.15, 0.2) is 54.6 Å². The fraction of sp³-hybridized carbons (Fsp3) is 0.125. The maximum Gasteiger partial charge on any atom is 0.341 e. The van der Waals surface area contributed by atoms with E-state index in [2.05, 4.69) is 9.47 Å². The van der Waals surface area contributed by atoms with Crippen LogP contribution in [0.3, 0.4) is 0 Å². The molecule has 3 aromatic rings. The van der Waals surface area contributed by atoms with Crippen LogP contribution in [0.1, 0.15) is 31.1 Å². The second-order valence-electron chi connectivity index (χ2n) is 7.32. The van der Waals surface area contributed by atoms with Crippen molar-refractivity contribution in [1.29, 1.82) is 0 Å². The third-order valence-electron chi connectivity index (χ3n) is 4.89. The van der Waals surface area contributed by atoms with Crippen molar-refractivity contribution in [1.82, 2.24) is 0 Å². The minimum absolute atomic E-state index is 0.00157. The van der Waals surface area contributed by atoms with Gasteiger partial charge < -0.3 is 30.2 Å². The van der Waals surface area contributed by atoms with Crippen LogP contribution in [0, 0.1) is 30.3 Å². The summed E-state index contributed by atoms with van der Waals surface area (Å²) in [5.74, 6) is -3.85. The van der Waals surface area contributed by atoms with Gasteiger partial charge in [-0.15, -0.1) is 0 Å². The van der Waals surface area contributed by atoms with E-state index in [1.807, 2.05) is 0 Å². The number of hydrogen-bond acceptors (Lipinski definition) is 14. The third kappa shape index (κ3) is 8.33. The number of nitro groups is 3. The summed E-state index contributed by atoms with van der Waals surface area (Å²) in [5, 5.41) is 49.9. The molecule has 18 heteroatoms. The Labute approximate surface area is 234 Å². The molecule has 0 aliphatic carbocycles. The maximum atomic E-state index is 11.0. The highest BCUT2D eigenvalue weighted by Crippen LogP contribution is 2.31. The van der Waals surface area contributed by atoms with Gasteiger partial charge in [0, 0.05) is 18.2 Å². The number of esters is 2. The molecule has 0 fully saturated rings. The SMILES string of the molecule is COC(=O)c1cccc([N+](=O)[O-])c1O.COC(=O)c1cccc([N+](=O)[O-])c1O.COc1c(C(N)=O)cccc1[N+](=O)[O-]. The molecular weight excluding hydrogens is 568 g/mol. The van der Waals surface area contributed by atoms with E-state index < -0.39 is 55.5 Å². The zero-order valence-electron chi connectivity index (χ0n) is 21.9. The van der Waals surface area contributed by atoms with Gasteiger partial charge >= 0.3 is 29.0 Å². The first-order chi connectivity index (χ1) is 19.7. The van der Waals surface area contributed by atoms with E-state index in [-0.39, 0.29) is 28.1 Å². The smallest absolute Gasteiger partial charge is 0.341 e. The monoisotopic (exact) mass is 590 g/mol. The Morgan fingerprint density at radius 2 is 0.976 bits per heavy atom. The fourth-order valence-electron chi connectivity index (χ4n) is 2.98. The summed E-state index contributed by atoms with van der Waals surface area (Å²) < 4.78 is 13.4. The second kappa shape index (κ2) is 15.3. The second-order valence-corrected chi connectivity index (χ2v) is 7.32. The first-order valence-corrected chi connectivity index (χ1v) is 10.9. The van der Waals surface area contributed by atoms with Gasteiger partial charge in [-0.05, 0) is 18.2 Å². The molecule has 0 unspecified atom stereocenters. The lowest BCUT2D eigenvalue weighted by molar-refractivity contribution is -0.386. The summed E-state index contributed by atoms with van der Waals surface area (Å²) in [6.45, 7) is 0. The van der Waals surface area contributed by atoms with Gasteiger partial charge in [0.15, 0.2) is 0 Å². The van der Waals surface area contributed by atoms with Crippen LogP contribution < -0.4 is 10.5 Å². The van der Waals surface area contributed by atoms with Crippen LogP contribution in [-0.4, -0.2) is 64.2 Å². The number of methoxy groups -OCH3 is 3. The minimum atomic E-state index is -0.814. The fourth-order valence-corrected chi connectivity index (χ4v) is 2.98. The lowest BCUT2D eigenvalue weighted by atomic mass is 10.1. The van der Waals surface area contributed by atoms with E-state index in [1.165, 1.54) is 49.6 Å². The Morgan fingerprint density at radius 3 is 1.26 bits per heavy atom. The molecule has 3 rings (SSSR count). The number of phenolic OH excluding ortho intramolecular Hbond substituents is 2. The van der Waals surface area contributed by atoms with E-state index in [1.54, 1.807) is 0 Å². The summed E-state index contributed by atoms with van der Waals surface area (Å²) in [6.07, 6.45) is 0. The lowest BCUT2D eigenvalue weighted by Gasteiger charge is -2.04. The summed E-state index contributed by atoms with van der Waals surface area (Å²) in [4.78, 5) is 62.0. The predicted molar refractivity (Wildman–Crippen MR) is 140 cm³/mol. The molecule has 3 aromatic carbocycles. The van der Waals surface area contributed by atoms with Gasteiger partial charge in [0.2, 0.25) is 17.2 Å². The summed E-state index contributed by atoms with van der Waals surface area (Å²) in [5.41, 5.74) is 3.26. The van der Waals surface area contributed by atoms with Gasteiger partial charge in [0.25, 0.3) is 5.91 Å². The first kappa shape index (κ1) is 33.7. The van der Waals surface area contributed by atoms with Crippen LogP contribution in [-0.2, 0) is 9.47 Å². The molecule has 0 aliphatic heterocycles. The molecular formula is C24H22N4O14. The number of rotatable bonds is 7. The van der Waals surface area contributed by atoms with Crippen molar-refractivity contribution in [2.75, 3.05) is 21.3 Å². The van der Waals surface area contributed by atoms with Crippen molar-refractivity contribution in [2.24, 2.45) is 5.73 Å². The van der Waals surface area contributed by atoms with Crippen molar-refractivity contribution >= 4 is 34.9 Å². The van der Waals surface area contributed by atoms with E-state index in [0.29, 0.717) is 0 Å². The Morgan fingerprint density at radius 1 is 0.643 bits per heavy atom. The third-order valence-corrected chi connectivity index (χ3v) is 4.89. The van der Waals surface area contributed by atoms with Crippen LogP contribution >= 0.6 is 0 Å². The van der Waals surface area contributed by atoms with E-state index in [4.69, 9.17) is 10.5 Å². The van der Waals surface area contributed by atoms with E-state index in [0.717, 1.165) is 26.4 Å². The van der Waals surface area contributed by atoms with Crippen LogP contribution in [0.25, 0.3) is 0 Å². The molecule has 1 amide bonds. The van der Waals surface area contributed by atoms with Crippen molar-refractivity contribution < 1.29 is 53.6 Å². The number of nitrogens with two attached hydrogens (primary N) is 1. The highest BCUT2D eigenvalue weighted by molar-refractivity contribution is 5.97. The highest BCUT2D eigenvalue weighted by atomic mass is 16.6. The highest BCUT2D eigenvalue weighted by Gasteiger charge is 2.22. The molecule has 0 radical (unpaired) electrons. The summed E-state index contributed by atoms with van der Waals surface area (Å²) >= 11 is 0. The molecule has 4 N–H and O–H groups in total. The molecule has 0 aromatic heterocycles. The van der Waals surface area contributed by atoms with Gasteiger partial charge in [0.05, 0.1) is 41.7 Å². The number of amides is 1. The number of carbonyl (C=O) groups is 3. The van der Waals surface area contributed by atoms with Crippen LogP contribution in [0.4, 0.5) is 17.1 Å². The Hall–Kier alpha value is -6.33. The average Bonchev–Trinajstić information content (AvgIpc) is 2.96.